The fourth-order valence-corrected chi connectivity index (χ4v) is 1.11. The molecular formula is C10H12F3NO2. The Bertz CT molecular complexity index is 366. The quantitative estimate of drug-likeness (QED) is 0.873. The minimum absolute atomic E-state index is 0.131. The fourth-order valence-electron chi connectivity index (χ4n) is 1.11. The second kappa shape index (κ2) is 4.69. The first-order valence-corrected chi connectivity index (χ1v) is 4.64. The van der Waals surface area contributed by atoms with Crippen molar-refractivity contribution in [2.75, 3.05) is 0 Å². The molecule has 1 aromatic rings. The van der Waals surface area contributed by atoms with E-state index in [0.717, 1.165) is 6.92 Å². The van der Waals surface area contributed by atoms with E-state index >= 15 is 0 Å². The van der Waals surface area contributed by atoms with Gasteiger partial charge < -0.3 is 9.84 Å². The highest BCUT2D eigenvalue weighted by molar-refractivity contribution is 5.24. The van der Waals surface area contributed by atoms with Crippen LogP contribution in [0.15, 0.2) is 12.1 Å². The van der Waals surface area contributed by atoms with Crippen molar-refractivity contribution in [3.63, 3.8) is 0 Å². The molecule has 3 nitrogen and oxygen atoms in total. The Hall–Kier alpha value is -1.30. The van der Waals surface area contributed by atoms with E-state index in [0.29, 0.717) is 11.3 Å². The average Bonchev–Trinajstić information content (AvgIpc) is 2.15. The minimum atomic E-state index is -4.43. The van der Waals surface area contributed by atoms with Gasteiger partial charge in [0.15, 0.2) is 6.10 Å². The van der Waals surface area contributed by atoms with E-state index in [1.807, 2.05) is 0 Å². The summed E-state index contributed by atoms with van der Waals surface area (Å²) < 4.78 is 41.3. The van der Waals surface area contributed by atoms with Crippen molar-refractivity contribution in [3.05, 3.63) is 23.4 Å². The molecule has 6 heteroatoms. The highest BCUT2D eigenvalue weighted by atomic mass is 19.4. The number of aromatic nitrogens is 1. The molecule has 0 saturated heterocycles. The van der Waals surface area contributed by atoms with Gasteiger partial charge in [-0.15, -0.1) is 0 Å². The molecule has 1 N–H and O–H groups in total. The summed E-state index contributed by atoms with van der Waals surface area (Å²) in [5.41, 5.74) is 0.966. The van der Waals surface area contributed by atoms with Crippen molar-refractivity contribution in [3.8, 4) is 5.88 Å². The molecule has 0 saturated carbocycles. The third-order valence-electron chi connectivity index (χ3n) is 1.93. The predicted octanol–water partition coefficient (Wildman–Crippen LogP) is 2.21. The number of alkyl halides is 3. The zero-order valence-corrected chi connectivity index (χ0v) is 8.88. The Morgan fingerprint density at radius 3 is 2.56 bits per heavy atom. The van der Waals surface area contributed by atoms with E-state index in [1.54, 1.807) is 13.0 Å². The van der Waals surface area contributed by atoms with Crippen LogP contribution in [-0.4, -0.2) is 22.4 Å². The molecule has 0 amide bonds. The van der Waals surface area contributed by atoms with Gasteiger partial charge in [0.2, 0.25) is 5.88 Å². The van der Waals surface area contributed by atoms with Crippen LogP contribution in [-0.2, 0) is 6.61 Å². The standard InChI is InChI=1S/C10H12F3NO2/c1-6-3-8(5-15)4-9(14-6)16-7(2)10(11,12)13/h3-4,7,15H,5H2,1-2H3. The van der Waals surface area contributed by atoms with Crippen LogP contribution in [0.4, 0.5) is 13.2 Å². The Balaban J connectivity index is 2.85. The molecule has 1 aromatic heterocycles. The summed E-state index contributed by atoms with van der Waals surface area (Å²) in [4.78, 5) is 3.80. The van der Waals surface area contributed by atoms with Gasteiger partial charge >= 0.3 is 6.18 Å². The van der Waals surface area contributed by atoms with E-state index in [9.17, 15) is 13.2 Å². The number of aryl methyl sites for hydroxylation is 1. The van der Waals surface area contributed by atoms with Crippen molar-refractivity contribution in [1.82, 2.24) is 4.98 Å². The van der Waals surface area contributed by atoms with Crippen molar-refractivity contribution >= 4 is 0 Å². The van der Waals surface area contributed by atoms with E-state index in [4.69, 9.17) is 5.11 Å². The van der Waals surface area contributed by atoms with Gasteiger partial charge in [-0.2, -0.15) is 13.2 Å². The number of pyridine rings is 1. The number of hydrogen-bond acceptors (Lipinski definition) is 3. The number of nitrogens with zero attached hydrogens (tertiary/aromatic N) is 1. The van der Waals surface area contributed by atoms with Crippen molar-refractivity contribution in [2.45, 2.75) is 32.7 Å². The minimum Gasteiger partial charge on any atom is -0.465 e. The Morgan fingerprint density at radius 2 is 2.06 bits per heavy atom. The summed E-state index contributed by atoms with van der Waals surface area (Å²) in [5, 5.41) is 8.87. The molecule has 0 radical (unpaired) electrons. The number of rotatable bonds is 3. The molecule has 0 fully saturated rings. The summed E-state index contributed by atoms with van der Waals surface area (Å²) in [6, 6.07) is 2.86. The third kappa shape index (κ3) is 3.37. The molecule has 0 aromatic carbocycles. The van der Waals surface area contributed by atoms with E-state index in [-0.39, 0.29) is 12.5 Å². The fraction of sp³-hybridized carbons (Fsp3) is 0.500. The molecule has 0 aliphatic heterocycles. The molecule has 1 heterocycles. The van der Waals surface area contributed by atoms with Gasteiger partial charge in [-0.05, 0) is 25.5 Å². The second-order valence-electron chi connectivity index (χ2n) is 3.41. The second-order valence-corrected chi connectivity index (χ2v) is 3.41. The van der Waals surface area contributed by atoms with Gasteiger partial charge in [-0.25, -0.2) is 4.98 Å². The zero-order chi connectivity index (χ0) is 12.3. The Morgan fingerprint density at radius 1 is 1.44 bits per heavy atom. The van der Waals surface area contributed by atoms with Crippen LogP contribution in [0, 0.1) is 6.92 Å². The molecule has 0 aliphatic carbocycles. The topological polar surface area (TPSA) is 42.4 Å². The summed E-state index contributed by atoms with van der Waals surface area (Å²) in [6.45, 7) is 2.26. The van der Waals surface area contributed by atoms with Crippen LogP contribution in [0.1, 0.15) is 18.2 Å². The summed E-state index contributed by atoms with van der Waals surface area (Å²) in [7, 11) is 0. The first-order chi connectivity index (χ1) is 7.32. The van der Waals surface area contributed by atoms with Crippen LogP contribution in [0.3, 0.4) is 0 Å². The first-order valence-electron chi connectivity index (χ1n) is 4.64. The molecule has 0 aliphatic rings. The van der Waals surface area contributed by atoms with Gasteiger partial charge in [0.1, 0.15) is 0 Å². The number of aliphatic hydroxyl groups excluding tert-OH is 1. The summed E-state index contributed by atoms with van der Waals surface area (Å²) in [5.74, 6) is -0.131. The maximum Gasteiger partial charge on any atom is 0.425 e. The molecule has 90 valence electrons. The van der Waals surface area contributed by atoms with Gasteiger partial charge in [0.25, 0.3) is 0 Å². The highest BCUT2D eigenvalue weighted by Crippen LogP contribution is 2.24. The maximum atomic E-state index is 12.2. The number of aliphatic hydroxyl groups is 1. The number of halogens is 3. The van der Waals surface area contributed by atoms with Gasteiger partial charge in [-0.1, -0.05) is 0 Å². The van der Waals surface area contributed by atoms with Crippen LogP contribution >= 0.6 is 0 Å². The van der Waals surface area contributed by atoms with E-state index in [2.05, 4.69) is 9.72 Å². The predicted molar refractivity (Wildman–Crippen MR) is 51.0 cm³/mol. The molecule has 1 atom stereocenters. The monoisotopic (exact) mass is 235 g/mol. The zero-order valence-electron chi connectivity index (χ0n) is 8.88. The Kier molecular flexibility index (Phi) is 3.74. The lowest BCUT2D eigenvalue weighted by atomic mass is 10.2. The summed E-state index contributed by atoms with van der Waals surface area (Å²) in [6.07, 6.45) is -6.35. The first kappa shape index (κ1) is 12.8. The lowest BCUT2D eigenvalue weighted by molar-refractivity contribution is -0.190. The SMILES string of the molecule is Cc1cc(CO)cc(OC(C)C(F)(F)F)n1. The average molecular weight is 235 g/mol. The Labute approximate surface area is 90.9 Å². The molecule has 16 heavy (non-hydrogen) atoms. The molecule has 1 unspecified atom stereocenters. The number of ether oxygens (including phenoxy) is 1. The lowest BCUT2D eigenvalue weighted by Crippen LogP contribution is -2.31. The lowest BCUT2D eigenvalue weighted by Gasteiger charge is -2.17. The van der Waals surface area contributed by atoms with Gasteiger partial charge in [0.05, 0.1) is 6.61 Å². The van der Waals surface area contributed by atoms with Crippen LogP contribution in [0.5, 0.6) is 5.88 Å². The van der Waals surface area contributed by atoms with E-state index in [1.165, 1.54) is 6.07 Å². The largest absolute Gasteiger partial charge is 0.465 e. The summed E-state index contributed by atoms with van der Waals surface area (Å²) >= 11 is 0. The maximum absolute atomic E-state index is 12.2. The van der Waals surface area contributed by atoms with Crippen LogP contribution < -0.4 is 4.74 Å². The van der Waals surface area contributed by atoms with E-state index < -0.39 is 12.3 Å². The molecule has 0 bridgehead atoms. The van der Waals surface area contributed by atoms with Crippen LogP contribution in [0.25, 0.3) is 0 Å². The van der Waals surface area contributed by atoms with Crippen molar-refractivity contribution < 1.29 is 23.0 Å². The van der Waals surface area contributed by atoms with Gasteiger partial charge in [0, 0.05) is 11.8 Å². The van der Waals surface area contributed by atoms with Gasteiger partial charge in [-0.3, -0.25) is 0 Å². The van der Waals surface area contributed by atoms with Crippen LogP contribution in [0.2, 0.25) is 0 Å². The third-order valence-corrected chi connectivity index (χ3v) is 1.93. The van der Waals surface area contributed by atoms with Crippen molar-refractivity contribution in [1.29, 1.82) is 0 Å². The van der Waals surface area contributed by atoms with Crippen molar-refractivity contribution in [2.24, 2.45) is 0 Å². The highest BCUT2D eigenvalue weighted by Gasteiger charge is 2.38. The normalized spacial score (nSPS) is 13.6. The molecule has 1 rings (SSSR count). The smallest absolute Gasteiger partial charge is 0.425 e. The number of hydrogen-bond donors (Lipinski definition) is 1. The molecular weight excluding hydrogens is 223 g/mol. The molecule has 0 spiro atoms.